The van der Waals surface area contributed by atoms with Crippen molar-refractivity contribution in [2.75, 3.05) is 12.0 Å². The number of aromatic nitrogens is 1. The molecule has 14 nitrogen and oxygen atoms in total. The number of fused-ring (bicyclic) bond motifs is 1. The van der Waals surface area contributed by atoms with Crippen LogP contribution in [-0.4, -0.2) is 86.9 Å². The fraction of sp³-hybridized carbons (Fsp3) is 0.462. The second kappa shape index (κ2) is 16.2. The van der Waals surface area contributed by atoms with Gasteiger partial charge < -0.3 is 42.6 Å². The molecule has 1 aromatic heterocycles. The zero-order chi connectivity index (χ0) is 30.5. The van der Waals surface area contributed by atoms with E-state index in [9.17, 15) is 33.9 Å². The number of carbonyl (C=O) groups is 6. The van der Waals surface area contributed by atoms with E-state index in [0.29, 0.717) is 11.3 Å². The molecule has 41 heavy (non-hydrogen) atoms. The standard InChI is InChI=1S/C26H36N6O8S/c1-41-11-10-18(30-23(36)16(27)6-9-22(34)35)24(37)32-20(12-14-13-29-17-5-3-2-4-15(14)17)25(38)31-19(26(39)40)7-8-21(28)33/h2-5,13,16,18-20,29H,6-12,27H2,1H3,(H2,28,33)(H,30,36)(H,31,38)(H,32,37)(H,34,35)(H,39,40). The van der Waals surface area contributed by atoms with Crippen molar-refractivity contribution in [2.24, 2.45) is 11.5 Å². The summed E-state index contributed by atoms with van der Waals surface area (Å²) in [7, 11) is 0. The van der Waals surface area contributed by atoms with Crippen LogP contribution in [0.25, 0.3) is 10.9 Å². The monoisotopic (exact) mass is 592 g/mol. The van der Waals surface area contributed by atoms with E-state index in [4.69, 9.17) is 16.6 Å². The Kier molecular flexibility index (Phi) is 13.1. The Morgan fingerprint density at radius 1 is 0.878 bits per heavy atom. The van der Waals surface area contributed by atoms with Crippen molar-refractivity contribution in [1.29, 1.82) is 0 Å². The number of carboxylic acids is 2. The topological polar surface area (TPSA) is 247 Å². The molecule has 4 amide bonds. The Morgan fingerprint density at radius 3 is 2.15 bits per heavy atom. The molecule has 224 valence electrons. The molecule has 1 heterocycles. The molecule has 0 radical (unpaired) electrons. The summed E-state index contributed by atoms with van der Waals surface area (Å²) in [6.45, 7) is 0. The lowest BCUT2D eigenvalue weighted by atomic mass is 10.0. The predicted octanol–water partition coefficient (Wildman–Crippen LogP) is -0.540. The Bertz CT molecular complexity index is 1250. The van der Waals surface area contributed by atoms with Gasteiger partial charge in [-0.05, 0) is 42.9 Å². The van der Waals surface area contributed by atoms with Crippen LogP contribution < -0.4 is 27.4 Å². The quantitative estimate of drug-likeness (QED) is 0.110. The number of primary amides is 1. The third kappa shape index (κ3) is 10.8. The summed E-state index contributed by atoms with van der Waals surface area (Å²) < 4.78 is 0. The van der Waals surface area contributed by atoms with Crippen LogP contribution in [0.2, 0.25) is 0 Å². The third-order valence-corrected chi connectivity index (χ3v) is 6.92. The van der Waals surface area contributed by atoms with Crippen LogP contribution in [0.15, 0.2) is 30.5 Å². The van der Waals surface area contributed by atoms with E-state index in [0.717, 1.165) is 10.9 Å². The maximum absolute atomic E-state index is 13.4. The first kappa shape index (κ1) is 33.1. The van der Waals surface area contributed by atoms with Crippen molar-refractivity contribution >= 4 is 58.2 Å². The second-order valence-electron chi connectivity index (χ2n) is 9.41. The van der Waals surface area contributed by atoms with Crippen LogP contribution in [0.5, 0.6) is 0 Å². The van der Waals surface area contributed by atoms with Crippen LogP contribution in [0.4, 0.5) is 0 Å². The second-order valence-corrected chi connectivity index (χ2v) is 10.4. The van der Waals surface area contributed by atoms with Gasteiger partial charge in [0.15, 0.2) is 0 Å². The SMILES string of the molecule is CSCCC(NC(=O)C(N)CCC(=O)O)C(=O)NC(Cc1c[nH]c2ccccc12)C(=O)NC(CCC(N)=O)C(=O)O. The van der Waals surface area contributed by atoms with Crippen LogP contribution in [0.1, 0.15) is 37.7 Å². The molecule has 0 fully saturated rings. The van der Waals surface area contributed by atoms with E-state index < -0.39 is 59.7 Å². The minimum Gasteiger partial charge on any atom is -0.481 e. The number of nitrogens with one attached hydrogen (secondary N) is 4. The van der Waals surface area contributed by atoms with Gasteiger partial charge in [0.25, 0.3) is 0 Å². The van der Waals surface area contributed by atoms with Gasteiger partial charge in [0, 0.05) is 36.4 Å². The fourth-order valence-electron chi connectivity index (χ4n) is 4.01. The number of carboxylic acid groups (broad SMARTS) is 2. The number of rotatable bonds is 18. The highest BCUT2D eigenvalue weighted by molar-refractivity contribution is 7.98. The Balaban J connectivity index is 2.29. The van der Waals surface area contributed by atoms with Gasteiger partial charge in [-0.25, -0.2) is 4.79 Å². The van der Waals surface area contributed by atoms with E-state index in [1.54, 1.807) is 18.5 Å². The van der Waals surface area contributed by atoms with Gasteiger partial charge in [-0.1, -0.05) is 18.2 Å². The number of aliphatic carboxylic acids is 2. The molecule has 0 saturated heterocycles. The number of hydrogen-bond donors (Lipinski definition) is 8. The number of nitrogens with two attached hydrogens (primary N) is 2. The minimum atomic E-state index is -1.43. The first-order valence-corrected chi connectivity index (χ1v) is 14.3. The third-order valence-electron chi connectivity index (χ3n) is 6.28. The maximum atomic E-state index is 13.4. The number of carbonyl (C=O) groups excluding carboxylic acids is 4. The number of aromatic amines is 1. The molecule has 4 atom stereocenters. The average Bonchev–Trinajstić information content (AvgIpc) is 3.33. The zero-order valence-corrected chi connectivity index (χ0v) is 23.4. The molecular formula is C26H36N6O8S. The molecule has 1 aromatic carbocycles. The largest absolute Gasteiger partial charge is 0.481 e. The Morgan fingerprint density at radius 2 is 1.51 bits per heavy atom. The summed E-state index contributed by atoms with van der Waals surface area (Å²) in [5.41, 5.74) is 12.4. The maximum Gasteiger partial charge on any atom is 0.326 e. The molecular weight excluding hydrogens is 556 g/mol. The van der Waals surface area contributed by atoms with Crippen molar-refractivity contribution in [3.63, 3.8) is 0 Å². The predicted molar refractivity (Wildman–Crippen MR) is 152 cm³/mol. The van der Waals surface area contributed by atoms with Gasteiger partial charge in [-0.3, -0.25) is 24.0 Å². The lowest BCUT2D eigenvalue weighted by Crippen LogP contribution is -2.57. The number of hydrogen-bond acceptors (Lipinski definition) is 8. The van der Waals surface area contributed by atoms with Gasteiger partial charge in [0.2, 0.25) is 23.6 Å². The van der Waals surface area contributed by atoms with Crippen molar-refractivity contribution < 1.29 is 39.0 Å². The lowest BCUT2D eigenvalue weighted by Gasteiger charge is -2.25. The van der Waals surface area contributed by atoms with Crippen molar-refractivity contribution in [3.05, 3.63) is 36.0 Å². The normalized spacial score (nSPS) is 13.9. The molecule has 2 aromatic rings. The minimum absolute atomic E-state index is 0.0228. The Labute approximate surface area is 240 Å². The molecule has 0 aliphatic carbocycles. The summed E-state index contributed by atoms with van der Waals surface area (Å²) in [6, 6.07) is 2.33. The molecule has 10 N–H and O–H groups in total. The van der Waals surface area contributed by atoms with Gasteiger partial charge in [0.05, 0.1) is 6.04 Å². The molecule has 4 unspecified atom stereocenters. The van der Waals surface area contributed by atoms with Gasteiger partial charge >= 0.3 is 11.9 Å². The van der Waals surface area contributed by atoms with E-state index >= 15 is 0 Å². The summed E-state index contributed by atoms with van der Waals surface area (Å²) in [5, 5.41) is 26.7. The summed E-state index contributed by atoms with van der Waals surface area (Å²) in [6.07, 6.45) is 2.66. The average molecular weight is 593 g/mol. The first-order valence-electron chi connectivity index (χ1n) is 12.9. The van der Waals surface area contributed by atoms with E-state index in [2.05, 4.69) is 20.9 Å². The zero-order valence-electron chi connectivity index (χ0n) is 22.6. The number of benzene rings is 1. The number of thioether (sulfide) groups is 1. The first-order chi connectivity index (χ1) is 19.4. The Hall–Kier alpha value is -4.11. The highest BCUT2D eigenvalue weighted by Crippen LogP contribution is 2.19. The number of amides is 4. The fourth-order valence-corrected chi connectivity index (χ4v) is 4.48. The molecule has 0 aliphatic rings. The lowest BCUT2D eigenvalue weighted by molar-refractivity contribution is -0.142. The molecule has 0 spiro atoms. The van der Waals surface area contributed by atoms with Crippen molar-refractivity contribution in [1.82, 2.24) is 20.9 Å². The smallest absolute Gasteiger partial charge is 0.326 e. The summed E-state index contributed by atoms with van der Waals surface area (Å²) >= 11 is 1.42. The summed E-state index contributed by atoms with van der Waals surface area (Å²) in [5.74, 6) is -5.00. The highest BCUT2D eigenvalue weighted by Gasteiger charge is 2.31. The van der Waals surface area contributed by atoms with Gasteiger partial charge in [-0.2, -0.15) is 11.8 Å². The van der Waals surface area contributed by atoms with Crippen molar-refractivity contribution in [2.45, 2.75) is 62.7 Å². The number of para-hydroxylation sites is 1. The van der Waals surface area contributed by atoms with E-state index in [1.807, 2.05) is 18.2 Å². The van der Waals surface area contributed by atoms with Gasteiger partial charge in [-0.15, -0.1) is 0 Å². The van der Waals surface area contributed by atoms with E-state index in [1.165, 1.54) is 11.8 Å². The molecule has 0 bridgehead atoms. The van der Waals surface area contributed by atoms with Crippen LogP contribution in [0.3, 0.4) is 0 Å². The van der Waals surface area contributed by atoms with Crippen LogP contribution in [0, 0.1) is 0 Å². The highest BCUT2D eigenvalue weighted by atomic mass is 32.2. The van der Waals surface area contributed by atoms with Gasteiger partial charge in [0.1, 0.15) is 18.1 Å². The van der Waals surface area contributed by atoms with E-state index in [-0.39, 0.29) is 38.5 Å². The van der Waals surface area contributed by atoms with Crippen LogP contribution in [-0.2, 0) is 35.2 Å². The molecule has 15 heteroatoms. The van der Waals surface area contributed by atoms with Crippen molar-refractivity contribution in [3.8, 4) is 0 Å². The molecule has 0 aliphatic heterocycles. The molecule has 2 rings (SSSR count). The molecule has 0 saturated carbocycles. The van der Waals surface area contributed by atoms with Crippen LogP contribution >= 0.6 is 11.8 Å². The summed E-state index contributed by atoms with van der Waals surface area (Å²) in [4.78, 5) is 76.1. The number of H-pyrrole nitrogens is 1.